The van der Waals surface area contributed by atoms with Crippen molar-refractivity contribution in [1.82, 2.24) is 20.2 Å². The minimum absolute atomic E-state index is 0.252. The topological polar surface area (TPSA) is 96.4 Å². The minimum atomic E-state index is -0.430. The predicted molar refractivity (Wildman–Crippen MR) is 98.6 cm³/mol. The van der Waals surface area contributed by atoms with Gasteiger partial charge in [-0.1, -0.05) is 6.07 Å². The molecule has 1 aromatic heterocycles. The summed E-state index contributed by atoms with van der Waals surface area (Å²) in [5.74, 6) is -0.411. The number of methoxy groups -OCH3 is 1. The van der Waals surface area contributed by atoms with E-state index in [-0.39, 0.29) is 17.5 Å². The first-order valence-corrected chi connectivity index (χ1v) is 8.21. The molecule has 1 heterocycles. The van der Waals surface area contributed by atoms with Gasteiger partial charge in [0.15, 0.2) is 0 Å². The molecule has 2 rings (SSSR count). The molecule has 0 aliphatic heterocycles. The third-order valence-electron chi connectivity index (χ3n) is 3.50. The Hall–Kier alpha value is -3.00. The Labute approximate surface area is 152 Å². The Morgan fingerprint density at radius 3 is 2.77 bits per heavy atom. The van der Waals surface area contributed by atoms with Gasteiger partial charge in [-0.3, -0.25) is 4.79 Å². The zero-order chi connectivity index (χ0) is 18.9. The van der Waals surface area contributed by atoms with Crippen LogP contribution in [-0.4, -0.2) is 61.0 Å². The van der Waals surface area contributed by atoms with Crippen LogP contribution in [-0.2, 0) is 4.74 Å². The molecule has 2 N–H and O–H groups in total. The Morgan fingerprint density at radius 1 is 1.23 bits per heavy atom. The normalized spacial score (nSPS) is 10.5. The zero-order valence-electron chi connectivity index (χ0n) is 15.2. The van der Waals surface area contributed by atoms with Crippen LogP contribution < -0.4 is 10.6 Å². The maximum Gasteiger partial charge on any atom is 0.337 e. The summed E-state index contributed by atoms with van der Waals surface area (Å²) in [6.07, 6.45) is 2.36. The van der Waals surface area contributed by atoms with E-state index in [1.165, 1.54) is 13.3 Å². The van der Waals surface area contributed by atoms with E-state index in [0.717, 1.165) is 13.0 Å². The van der Waals surface area contributed by atoms with Crippen molar-refractivity contribution in [2.75, 3.05) is 39.6 Å². The molecule has 1 amide bonds. The van der Waals surface area contributed by atoms with Crippen molar-refractivity contribution in [1.29, 1.82) is 0 Å². The van der Waals surface area contributed by atoms with Gasteiger partial charge in [-0.05, 0) is 51.3 Å². The molecule has 0 fully saturated rings. The first kappa shape index (κ1) is 19.3. The number of rotatable bonds is 8. The van der Waals surface area contributed by atoms with Crippen LogP contribution in [0.5, 0.6) is 0 Å². The second-order valence-electron chi connectivity index (χ2n) is 5.88. The molecule has 0 aliphatic carbocycles. The number of nitrogens with zero attached hydrogens (tertiary/aromatic N) is 3. The van der Waals surface area contributed by atoms with Gasteiger partial charge in [0.1, 0.15) is 5.69 Å². The number of anilines is 2. The van der Waals surface area contributed by atoms with E-state index in [2.05, 4.69) is 25.5 Å². The van der Waals surface area contributed by atoms with Crippen LogP contribution in [0.3, 0.4) is 0 Å². The van der Waals surface area contributed by atoms with Crippen molar-refractivity contribution in [3.05, 3.63) is 47.8 Å². The van der Waals surface area contributed by atoms with Crippen LogP contribution in [0, 0.1) is 0 Å². The van der Waals surface area contributed by atoms with Gasteiger partial charge in [-0.2, -0.15) is 0 Å². The van der Waals surface area contributed by atoms with E-state index in [1.807, 2.05) is 14.1 Å². The van der Waals surface area contributed by atoms with Gasteiger partial charge in [0.05, 0.1) is 12.7 Å². The standard InChI is InChI=1S/C18H23N5O3/c1-23(2)11-5-9-19-16(24)15-8-10-20-18(22-15)21-14-7-4-6-13(12-14)17(25)26-3/h4,6-8,10,12H,5,9,11H2,1-3H3,(H,19,24)(H,20,21,22). The molecule has 0 bridgehead atoms. The molecular formula is C18H23N5O3. The van der Waals surface area contributed by atoms with Gasteiger partial charge in [0, 0.05) is 18.4 Å². The smallest absolute Gasteiger partial charge is 0.337 e. The highest BCUT2D eigenvalue weighted by Crippen LogP contribution is 2.15. The molecule has 8 heteroatoms. The van der Waals surface area contributed by atoms with Gasteiger partial charge in [-0.25, -0.2) is 14.8 Å². The molecule has 0 atom stereocenters. The van der Waals surface area contributed by atoms with E-state index < -0.39 is 5.97 Å². The van der Waals surface area contributed by atoms with E-state index in [4.69, 9.17) is 4.74 Å². The Morgan fingerprint density at radius 2 is 2.04 bits per heavy atom. The van der Waals surface area contributed by atoms with E-state index >= 15 is 0 Å². The van der Waals surface area contributed by atoms with Crippen LogP contribution >= 0.6 is 0 Å². The molecule has 0 unspecified atom stereocenters. The fourth-order valence-corrected chi connectivity index (χ4v) is 2.20. The number of esters is 1. The number of carbonyl (C=O) groups is 2. The highest BCUT2D eigenvalue weighted by molar-refractivity contribution is 5.92. The summed E-state index contributed by atoms with van der Waals surface area (Å²) in [5.41, 5.74) is 1.31. The number of hydrogen-bond donors (Lipinski definition) is 2. The Kier molecular flexibility index (Phi) is 7.04. The van der Waals surface area contributed by atoms with Gasteiger partial charge in [-0.15, -0.1) is 0 Å². The maximum absolute atomic E-state index is 12.2. The number of amides is 1. The van der Waals surface area contributed by atoms with Crippen LogP contribution in [0.4, 0.5) is 11.6 Å². The third kappa shape index (κ3) is 5.82. The second-order valence-corrected chi connectivity index (χ2v) is 5.88. The van der Waals surface area contributed by atoms with E-state index in [0.29, 0.717) is 17.8 Å². The van der Waals surface area contributed by atoms with Crippen molar-refractivity contribution in [3.63, 3.8) is 0 Å². The van der Waals surface area contributed by atoms with Crippen molar-refractivity contribution < 1.29 is 14.3 Å². The quantitative estimate of drug-likeness (QED) is 0.548. The summed E-state index contributed by atoms with van der Waals surface area (Å²) in [6, 6.07) is 8.32. The summed E-state index contributed by atoms with van der Waals surface area (Å²) in [6.45, 7) is 1.47. The molecule has 0 radical (unpaired) electrons. The molecule has 138 valence electrons. The molecule has 8 nitrogen and oxygen atoms in total. The van der Waals surface area contributed by atoms with Crippen molar-refractivity contribution in [3.8, 4) is 0 Å². The molecule has 0 saturated carbocycles. The Bertz CT molecular complexity index is 764. The lowest BCUT2D eigenvalue weighted by atomic mass is 10.2. The number of hydrogen-bond acceptors (Lipinski definition) is 7. The number of aromatic nitrogens is 2. The van der Waals surface area contributed by atoms with E-state index in [1.54, 1.807) is 30.3 Å². The van der Waals surface area contributed by atoms with Crippen LogP contribution in [0.1, 0.15) is 27.3 Å². The monoisotopic (exact) mass is 357 g/mol. The molecular weight excluding hydrogens is 334 g/mol. The van der Waals surface area contributed by atoms with Gasteiger partial charge >= 0.3 is 5.97 Å². The molecule has 0 spiro atoms. The van der Waals surface area contributed by atoms with Crippen LogP contribution in [0.15, 0.2) is 36.5 Å². The average Bonchev–Trinajstić information content (AvgIpc) is 2.64. The molecule has 1 aromatic carbocycles. The van der Waals surface area contributed by atoms with Crippen LogP contribution in [0.2, 0.25) is 0 Å². The fraction of sp³-hybridized carbons (Fsp3) is 0.333. The zero-order valence-corrected chi connectivity index (χ0v) is 15.2. The predicted octanol–water partition coefficient (Wildman–Crippen LogP) is 1.69. The Balaban J connectivity index is 2.00. The number of nitrogens with one attached hydrogen (secondary N) is 2. The number of ether oxygens (including phenoxy) is 1. The molecule has 0 aliphatic rings. The first-order chi connectivity index (χ1) is 12.5. The van der Waals surface area contributed by atoms with Crippen LogP contribution in [0.25, 0.3) is 0 Å². The summed E-state index contributed by atoms with van der Waals surface area (Å²) in [7, 11) is 5.30. The number of carbonyl (C=O) groups excluding carboxylic acids is 2. The lowest BCUT2D eigenvalue weighted by Gasteiger charge is -2.10. The summed E-state index contributed by atoms with van der Waals surface area (Å²) >= 11 is 0. The average molecular weight is 357 g/mol. The highest BCUT2D eigenvalue weighted by Gasteiger charge is 2.10. The SMILES string of the molecule is COC(=O)c1cccc(Nc2nccc(C(=O)NCCCN(C)C)n2)c1. The molecule has 0 saturated heterocycles. The largest absolute Gasteiger partial charge is 0.465 e. The summed E-state index contributed by atoms with van der Waals surface area (Å²) in [5, 5.41) is 5.82. The van der Waals surface area contributed by atoms with Crippen molar-refractivity contribution in [2.45, 2.75) is 6.42 Å². The van der Waals surface area contributed by atoms with E-state index in [9.17, 15) is 9.59 Å². The number of benzene rings is 1. The maximum atomic E-state index is 12.2. The first-order valence-electron chi connectivity index (χ1n) is 8.21. The van der Waals surface area contributed by atoms with Gasteiger partial charge in [0.25, 0.3) is 5.91 Å². The lowest BCUT2D eigenvalue weighted by Crippen LogP contribution is -2.28. The van der Waals surface area contributed by atoms with Gasteiger partial charge < -0.3 is 20.3 Å². The van der Waals surface area contributed by atoms with Gasteiger partial charge in [0.2, 0.25) is 5.95 Å². The van der Waals surface area contributed by atoms with Crippen molar-refractivity contribution >= 4 is 23.5 Å². The third-order valence-corrected chi connectivity index (χ3v) is 3.50. The fourth-order valence-electron chi connectivity index (χ4n) is 2.20. The molecule has 26 heavy (non-hydrogen) atoms. The van der Waals surface area contributed by atoms with Crippen molar-refractivity contribution in [2.24, 2.45) is 0 Å². The highest BCUT2D eigenvalue weighted by atomic mass is 16.5. The lowest BCUT2D eigenvalue weighted by molar-refractivity contribution is 0.0600. The minimum Gasteiger partial charge on any atom is -0.465 e. The second kappa shape index (κ2) is 9.47. The molecule has 2 aromatic rings. The summed E-state index contributed by atoms with van der Waals surface area (Å²) in [4.78, 5) is 34.1. The summed E-state index contributed by atoms with van der Waals surface area (Å²) < 4.78 is 4.70.